The van der Waals surface area contributed by atoms with Crippen LogP contribution in [0.3, 0.4) is 0 Å². The second-order valence-electron chi connectivity index (χ2n) is 16.2. The van der Waals surface area contributed by atoms with Crippen LogP contribution in [0.15, 0.2) is 182 Å². The molecule has 8 rings (SSSR count). The largest absolute Gasteiger partial charge is 0.394 e. The molecule has 10 atom stereocenters. The van der Waals surface area contributed by atoms with Crippen molar-refractivity contribution in [2.75, 3.05) is 13.2 Å². The predicted molar refractivity (Wildman–Crippen MR) is 243 cm³/mol. The fourth-order valence-electron chi connectivity index (χ4n) is 8.12. The summed E-state index contributed by atoms with van der Waals surface area (Å²) in [7, 11) is 0. The highest BCUT2D eigenvalue weighted by atomic mass is 16.7. The summed E-state index contributed by atoms with van der Waals surface area (Å²) in [4.78, 5) is 0. The second-order valence-corrected chi connectivity index (χ2v) is 16.2. The fourth-order valence-corrected chi connectivity index (χ4v) is 8.12. The van der Waals surface area contributed by atoms with Gasteiger partial charge < -0.3 is 52.8 Å². The Kier molecular flexibility index (Phi) is 17.4. The predicted octanol–water partition coefficient (Wildman–Crippen LogP) is 7.95. The van der Waals surface area contributed by atoms with Gasteiger partial charge in [-0.25, -0.2) is 0 Å². The Hall–Kier alpha value is -5.12. The van der Waals surface area contributed by atoms with Gasteiger partial charge >= 0.3 is 0 Å². The van der Waals surface area contributed by atoms with Crippen LogP contribution in [0, 0.1) is 0 Å². The van der Waals surface area contributed by atoms with Crippen LogP contribution in [0.5, 0.6) is 0 Å². The molecule has 340 valence electrons. The first-order chi connectivity index (χ1) is 32.1. The number of ether oxygens (including phenoxy) is 9. The third kappa shape index (κ3) is 13.3. The first-order valence-corrected chi connectivity index (χ1v) is 22.3. The minimum absolute atomic E-state index is 0.0235. The van der Waals surface area contributed by atoms with Crippen molar-refractivity contribution in [2.45, 2.75) is 101 Å². The summed E-state index contributed by atoms with van der Waals surface area (Å²) in [5, 5.41) is 22.9. The third-order valence-corrected chi connectivity index (χ3v) is 11.5. The smallest absolute Gasteiger partial charge is 0.187 e. The van der Waals surface area contributed by atoms with Crippen molar-refractivity contribution in [3.05, 3.63) is 215 Å². The summed E-state index contributed by atoms with van der Waals surface area (Å²) >= 11 is 0. The molecule has 2 heterocycles. The molecule has 2 N–H and O–H groups in total. The van der Waals surface area contributed by atoms with Gasteiger partial charge in [-0.1, -0.05) is 182 Å². The van der Waals surface area contributed by atoms with E-state index in [4.69, 9.17) is 42.6 Å². The first kappa shape index (κ1) is 46.4. The van der Waals surface area contributed by atoms with Crippen molar-refractivity contribution >= 4 is 0 Å². The highest BCUT2D eigenvalue weighted by molar-refractivity contribution is 5.18. The Bertz CT molecular complexity index is 2210. The van der Waals surface area contributed by atoms with E-state index >= 15 is 0 Å². The van der Waals surface area contributed by atoms with Gasteiger partial charge in [-0.15, -0.1) is 0 Å². The number of hydrogen-bond donors (Lipinski definition) is 2. The van der Waals surface area contributed by atoms with Crippen LogP contribution in [-0.2, 0) is 82.3 Å². The van der Waals surface area contributed by atoms with Gasteiger partial charge in [0.2, 0.25) is 0 Å². The monoisotopic (exact) mass is 882 g/mol. The van der Waals surface area contributed by atoms with E-state index in [0.717, 1.165) is 33.4 Å². The van der Waals surface area contributed by atoms with Crippen molar-refractivity contribution in [3.63, 3.8) is 0 Å². The molecular formula is C54H58O11. The number of aliphatic hydroxyl groups excluding tert-OH is 2. The summed E-state index contributed by atoms with van der Waals surface area (Å²) < 4.78 is 60.4. The maximum absolute atomic E-state index is 11.8. The van der Waals surface area contributed by atoms with Crippen molar-refractivity contribution in [2.24, 2.45) is 0 Å². The van der Waals surface area contributed by atoms with Crippen LogP contribution < -0.4 is 0 Å². The summed E-state index contributed by atoms with van der Waals surface area (Å²) in [6.45, 7) is 0.902. The van der Waals surface area contributed by atoms with E-state index in [1.54, 1.807) is 0 Å². The van der Waals surface area contributed by atoms with Crippen molar-refractivity contribution in [1.29, 1.82) is 0 Å². The molecule has 2 aliphatic rings. The van der Waals surface area contributed by atoms with Crippen LogP contribution in [0.4, 0.5) is 0 Å². The number of hydrogen-bond acceptors (Lipinski definition) is 11. The number of aliphatic hydroxyl groups is 2. The molecule has 11 heteroatoms. The molecule has 0 aromatic heterocycles. The van der Waals surface area contributed by atoms with E-state index < -0.39 is 68.0 Å². The van der Waals surface area contributed by atoms with E-state index in [2.05, 4.69) is 0 Å². The average Bonchev–Trinajstić information content (AvgIpc) is 3.36. The van der Waals surface area contributed by atoms with Gasteiger partial charge in [0.05, 0.1) is 52.9 Å². The first-order valence-electron chi connectivity index (χ1n) is 22.3. The van der Waals surface area contributed by atoms with Gasteiger partial charge in [0, 0.05) is 0 Å². The lowest BCUT2D eigenvalue weighted by molar-refractivity contribution is -0.373. The summed E-state index contributed by atoms with van der Waals surface area (Å²) in [6.07, 6.45) is -9.79. The van der Waals surface area contributed by atoms with Gasteiger partial charge in [-0.05, 0) is 33.4 Å². The van der Waals surface area contributed by atoms with Crippen LogP contribution in [0.2, 0.25) is 0 Å². The van der Waals surface area contributed by atoms with E-state index in [-0.39, 0.29) is 46.2 Å². The van der Waals surface area contributed by atoms with Crippen LogP contribution in [0.25, 0.3) is 0 Å². The maximum Gasteiger partial charge on any atom is 0.187 e. The summed E-state index contributed by atoms with van der Waals surface area (Å²) in [5.41, 5.74) is 5.60. The van der Waals surface area contributed by atoms with Crippen molar-refractivity contribution < 1.29 is 52.8 Å². The fraction of sp³-hybridized carbons (Fsp3) is 0.333. The highest BCUT2D eigenvalue weighted by Crippen LogP contribution is 2.36. The molecule has 1 unspecified atom stereocenters. The molecule has 65 heavy (non-hydrogen) atoms. The standard InChI is InChI=1S/C54H58O11/c55-31-45-47(58-33-40-21-9-2-10-22-40)49(59-34-41-23-11-3-12-24-41)52(62-37-44-29-17-6-18-30-44)54(64-45)65-48-46(38-57-32-39-19-7-1-8-20-39)63-53(56)51(61-36-43-27-15-5-16-28-43)50(48)60-35-42-25-13-4-14-26-42/h1-30,45-56H,31-38H2/t45-,46-,47-,48-,49+,50+,51-,52-,53?,54-/m1/s1. The Morgan fingerprint density at radius 2 is 0.692 bits per heavy atom. The second kappa shape index (κ2) is 24.4. The molecule has 2 fully saturated rings. The van der Waals surface area contributed by atoms with Gasteiger partial charge in [0.15, 0.2) is 12.6 Å². The molecular weight excluding hydrogens is 825 g/mol. The Morgan fingerprint density at radius 3 is 1.09 bits per heavy atom. The molecule has 0 amide bonds. The maximum atomic E-state index is 11.8. The Labute approximate surface area is 381 Å². The SMILES string of the molecule is OC[C@H]1O[C@H](O[C@H]2[C@H](OCc3ccccc3)[C@@H](OCc3ccccc3)C(O)O[C@@H]2COCc2ccccc2)[C@H](OCc2ccccc2)[C@@H](OCc2ccccc2)[C@@H]1OCc1ccccc1. The van der Waals surface area contributed by atoms with E-state index in [9.17, 15) is 10.2 Å². The topological polar surface area (TPSA) is 124 Å². The van der Waals surface area contributed by atoms with Gasteiger partial charge in [0.1, 0.15) is 48.8 Å². The molecule has 6 aromatic rings. The Balaban J connectivity index is 1.15. The molecule has 0 saturated carbocycles. The molecule has 11 nitrogen and oxygen atoms in total. The van der Waals surface area contributed by atoms with Crippen molar-refractivity contribution in [3.8, 4) is 0 Å². The summed E-state index contributed by atoms with van der Waals surface area (Å²) in [6, 6.07) is 58.8. The lowest BCUT2D eigenvalue weighted by Crippen LogP contribution is -2.66. The van der Waals surface area contributed by atoms with E-state index in [1.165, 1.54) is 0 Å². The molecule has 0 radical (unpaired) electrons. The van der Waals surface area contributed by atoms with E-state index in [1.807, 2.05) is 182 Å². The van der Waals surface area contributed by atoms with Crippen LogP contribution in [0.1, 0.15) is 33.4 Å². The van der Waals surface area contributed by atoms with Crippen LogP contribution in [-0.4, -0.2) is 84.8 Å². The normalized spacial score (nSPS) is 25.6. The average molecular weight is 883 g/mol. The summed E-state index contributed by atoms with van der Waals surface area (Å²) in [5.74, 6) is 0. The Morgan fingerprint density at radius 1 is 0.354 bits per heavy atom. The molecule has 6 aromatic carbocycles. The molecule has 0 spiro atoms. The highest BCUT2D eigenvalue weighted by Gasteiger charge is 2.54. The zero-order valence-electron chi connectivity index (χ0n) is 36.3. The van der Waals surface area contributed by atoms with Gasteiger partial charge in [-0.2, -0.15) is 0 Å². The van der Waals surface area contributed by atoms with Gasteiger partial charge in [0.25, 0.3) is 0 Å². The zero-order valence-corrected chi connectivity index (χ0v) is 36.3. The molecule has 0 aliphatic carbocycles. The molecule has 0 bridgehead atoms. The molecule has 2 aliphatic heterocycles. The minimum Gasteiger partial charge on any atom is -0.394 e. The lowest BCUT2D eigenvalue weighted by atomic mass is 9.95. The van der Waals surface area contributed by atoms with E-state index in [0.29, 0.717) is 0 Å². The zero-order chi connectivity index (χ0) is 44.5. The number of rotatable bonds is 22. The van der Waals surface area contributed by atoms with Crippen LogP contribution >= 0.6 is 0 Å². The lowest BCUT2D eigenvalue weighted by Gasteiger charge is -2.49. The minimum atomic E-state index is -1.41. The number of benzene rings is 6. The third-order valence-electron chi connectivity index (χ3n) is 11.5. The quantitative estimate of drug-likeness (QED) is 0.0691. The van der Waals surface area contributed by atoms with Gasteiger partial charge in [-0.3, -0.25) is 0 Å². The molecule has 2 saturated heterocycles. The van der Waals surface area contributed by atoms with Crippen molar-refractivity contribution in [1.82, 2.24) is 0 Å².